The summed E-state index contributed by atoms with van der Waals surface area (Å²) in [7, 11) is 0. The Labute approximate surface area is 163 Å². The minimum absolute atomic E-state index is 0.00420. The minimum Gasteiger partial charge on any atom is -0.336 e. The lowest BCUT2D eigenvalue weighted by Crippen LogP contribution is -2.41. The Morgan fingerprint density at radius 3 is 2.46 bits per heavy atom. The monoisotopic (exact) mass is 390 g/mol. The highest BCUT2D eigenvalue weighted by atomic mass is 19.4. The molecule has 1 aliphatic heterocycles. The highest BCUT2D eigenvalue weighted by Crippen LogP contribution is 2.34. The number of carbonyl (C=O) groups excluding carboxylic acids is 1. The number of rotatable bonds is 5. The van der Waals surface area contributed by atoms with Gasteiger partial charge in [-0.2, -0.15) is 13.2 Å². The van der Waals surface area contributed by atoms with E-state index < -0.39 is 11.7 Å². The smallest absolute Gasteiger partial charge is 0.336 e. The molecule has 2 aromatic carbocycles. The van der Waals surface area contributed by atoms with Gasteiger partial charge in [-0.25, -0.2) is 0 Å². The summed E-state index contributed by atoms with van der Waals surface area (Å²) in [6.45, 7) is 5.70. The van der Waals surface area contributed by atoms with Crippen molar-refractivity contribution < 1.29 is 18.0 Å². The van der Waals surface area contributed by atoms with Gasteiger partial charge in [0.05, 0.1) is 5.56 Å². The molecule has 3 nitrogen and oxygen atoms in total. The quantitative estimate of drug-likeness (QED) is 0.812. The molecule has 1 heterocycles. The summed E-state index contributed by atoms with van der Waals surface area (Å²) >= 11 is 0. The summed E-state index contributed by atoms with van der Waals surface area (Å²) < 4.78 is 39.3. The van der Waals surface area contributed by atoms with Crippen LogP contribution < -0.4 is 5.32 Å². The summed E-state index contributed by atoms with van der Waals surface area (Å²) in [5.41, 5.74) is 0.662. The molecular weight excluding hydrogens is 365 g/mol. The second-order valence-corrected chi connectivity index (χ2v) is 7.57. The third-order valence-electron chi connectivity index (χ3n) is 5.32. The largest absolute Gasteiger partial charge is 0.416 e. The van der Waals surface area contributed by atoms with Crippen LogP contribution in [-0.4, -0.2) is 36.5 Å². The number of nitrogens with zero attached hydrogens (tertiary/aromatic N) is 1. The average molecular weight is 390 g/mol. The number of amides is 1. The standard InChI is InChI=1S/C22H25F3N2O/c1-15(2)27(21(28)16-7-4-3-5-8-16)14-18-12-26-13-20(18)17-9-6-10-19(11-17)22(23,24)25/h3-11,15,18,20,26H,12-14H2,1-2H3. The Morgan fingerprint density at radius 2 is 1.82 bits per heavy atom. The Balaban J connectivity index is 1.81. The van der Waals surface area contributed by atoms with Crippen molar-refractivity contribution in [2.45, 2.75) is 32.0 Å². The van der Waals surface area contributed by atoms with Crippen molar-refractivity contribution in [3.63, 3.8) is 0 Å². The molecule has 0 aliphatic carbocycles. The van der Waals surface area contributed by atoms with Crippen LogP contribution in [0, 0.1) is 5.92 Å². The van der Waals surface area contributed by atoms with E-state index in [0.717, 1.165) is 6.07 Å². The molecular formula is C22H25F3N2O. The van der Waals surface area contributed by atoms with Gasteiger partial charge >= 0.3 is 6.18 Å². The van der Waals surface area contributed by atoms with Crippen LogP contribution in [0.5, 0.6) is 0 Å². The molecule has 0 bridgehead atoms. The van der Waals surface area contributed by atoms with Gasteiger partial charge in [0.1, 0.15) is 0 Å². The molecule has 0 aromatic heterocycles. The van der Waals surface area contributed by atoms with Gasteiger partial charge in [0.15, 0.2) is 0 Å². The third-order valence-corrected chi connectivity index (χ3v) is 5.32. The lowest BCUT2D eigenvalue weighted by molar-refractivity contribution is -0.137. The fraction of sp³-hybridized carbons (Fsp3) is 0.409. The van der Waals surface area contributed by atoms with Crippen LogP contribution in [0.1, 0.15) is 41.3 Å². The summed E-state index contributed by atoms with van der Waals surface area (Å²) in [4.78, 5) is 14.8. The summed E-state index contributed by atoms with van der Waals surface area (Å²) in [6, 6.07) is 14.6. The molecule has 28 heavy (non-hydrogen) atoms. The molecule has 1 N–H and O–H groups in total. The van der Waals surface area contributed by atoms with E-state index in [4.69, 9.17) is 0 Å². The third kappa shape index (κ3) is 4.55. The second-order valence-electron chi connectivity index (χ2n) is 7.57. The van der Waals surface area contributed by atoms with Gasteiger partial charge in [-0.05, 0) is 43.5 Å². The van der Waals surface area contributed by atoms with Crippen molar-refractivity contribution in [3.05, 3.63) is 71.3 Å². The Kier molecular flexibility index (Phi) is 6.08. The highest BCUT2D eigenvalue weighted by molar-refractivity contribution is 5.94. The number of carbonyl (C=O) groups is 1. The van der Waals surface area contributed by atoms with Gasteiger partial charge in [-0.1, -0.05) is 36.4 Å². The number of alkyl halides is 3. The number of halogens is 3. The second kappa shape index (κ2) is 8.35. The van der Waals surface area contributed by atoms with Gasteiger partial charge in [-0.15, -0.1) is 0 Å². The van der Waals surface area contributed by atoms with E-state index in [2.05, 4.69) is 5.32 Å². The molecule has 1 amide bonds. The topological polar surface area (TPSA) is 32.3 Å². The zero-order valence-corrected chi connectivity index (χ0v) is 16.0. The van der Waals surface area contributed by atoms with Crippen molar-refractivity contribution in [2.24, 2.45) is 5.92 Å². The molecule has 2 aromatic rings. The van der Waals surface area contributed by atoms with Gasteiger partial charge in [0.25, 0.3) is 5.91 Å². The lowest BCUT2D eigenvalue weighted by Gasteiger charge is -2.32. The van der Waals surface area contributed by atoms with Crippen LogP contribution in [0.4, 0.5) is 13.2 Å². The Hall–Kier alpha value is -2.34. The SMILES string of the molecule is CC(C)N(CC1CNCC1c1cccc(C(F)(F)F)c1)C(=O)c1ccccc1. The zero-order chi connectivity index (χ0) is 20.3. The van der Waals surface area contributed by atoms with Crippen molar-refractivity contribution in [2.75, 3.05) is 19.6 Å². The van der Waals surface area contributed by atoms with Crippen molar-refractivity contribution in [1.82, 2.24) is 10.2 Å². The summed E-state index contributed by atoms with van der Waals surface area (Å²) in [5, 5.41) is 3.28. The normalized spacial score (nSPS) is 19.8. The summed E-state index contributed by atoms with van der Waals surface area (Å²) in [6.07, 6.45) is -4.36. The molecule has 6 heteroatoms. The molecule has 0 radical (unpaired) electrons. The maximum atomic E-state index is 13.1. The van der Waals surface area contributed by atoms with E-state index in [1.165, 1.54) is 12.1 Å². The maximum Gasteiger partial charge on any atom is 0.416 e. The highest BCUT2D eigenvalue weighted by Gasteiger charge is 2.35. The van der Waals surface area contributed by atoms with Gasteiger partial charge in [0, 0.05) is 37.2 Å². The number of benzene rings is 2. The van der Waals surface area contributed by atoms with Gasteiger partial charge in [0.2, 0.25) is 0 Å². The van der Waals surface area contributed by atoms with Crippen molar-refractivity contribution >= 4 is 5.91 Å². The number of hydrogen-bond donors (Lipinski definition) is 1. The van der Waals surface area contributed by atoms with Gasteiger partial charge < -0.3 is 10.2 Å². The van der Waals surface area contributed by atoms with E-state index in [1.54, 1.807) is 18.2 Å². The first-order valence-corrected chi connectivity index (χ1v) is 9.51. The number of nitrogens with one attached hydrogen (secondary N) is 1. The minimum atomic E-state index is -4.36. The molecule has 2 unspecified atom stereocenters. The molecule has 2 atom stereocenters. The average Bonchev–Trinajstić information content (AvgIpc) is 3.14. The van der Waals surface area contributed by atoms with Gasteiger partial charge in [-0.3, -0.25) is 4.79 Å². The first-order chi connectivity index (χ1) is 13.3. The molecule has 0 spiro atoms. The van der Waals surface area contributed by atoms with Crippen LogP contribution in [0.2, 0.25) is 0 Å². The molecule has 1 aliphatic rings. The Morgan fingerprint density at radius 1 is 1.11 bits per heavy atom. The van der Waals surface area contributed by atoms with E-state index >= 15 is 0 Å². The predicted molar refractivity (Wildman–Crippen MR) is 103 cm³/mol. The maximum absolute atomic E-state index is 13.1. The van der Waals surface area contributed by atoms with Crippen molar-refractivity contribution in [3.8, 4) is 0 Å². The van der Waals surface area contributed by atoms with Crippen LogP contribution >= 0.6 is 0 Å². The fourth-order valence-corrected chi connectivity index (χ4v) is 3.79. The van der Waals surface area contributed by atoms with Crippen LogP contribution in [0.15, 0.2) is 54.6 Å². The molecule has 1 saturated heterocycles. The van der Waals surface area contributed by atoms with E-state index in [1.807, 2.05) is 36.9 Å². The molecule has 0 saturated carbocycles. The van der Waals surface area contributed by atoms with Crippen LogP contribution in [0.3, 0.4) is 0 Å². The Bertz CT molecular complexity index is 805. The van der Waals surface area contributed by atoms with E-state index in [0.29, 0.717) is 30.8 Å². The lowest BCUT2D eigenvalue weighted by atomic mass is 9.87. The van der Waals surface area contributed by atoms with E-state index in [-0.39, 0.29) is 23.8 Å². The molecule has 1 fully saturated rings. The first-order valence-electron chi connectivity index (χ1n) is 9.51. The first kappa shape index (κ1) is 20.4. The van der Waals surface area contributed by atoms with E-state index in [9.17, 15) is 18.0 Å². The zero-order valence-electron chi connectivity index (χ0n) is 16.0. The van der Waals surface area contributed by atoms with Crippen LogP contribution in [0.25, 0.3) is 0 Å². The molecule has 150 valence electrons. The van der Waals surface area contributed by atoms with Crippen LogP contribution in [-0.2, 0) is 6.18 Å². The predicted octanol–water partition coefficient (Wildman–Crippen LogP) is 4.56. The van der Waals surface area contributed by atoms with Crippen molar-refractivity contribution in [1.29, 1.82) is 0 Å². The molecule has 3 rings (SSSR count). The number of hydrogen-bond acceptors (Lipinski definition) is 2. The summed E-state index contributed by atoms with van der Waals surface area (Å²) in [5.74, 6) is -0.0593. The fourth-order valence-electron chi connectivity index (χ4n) is 3.79.